The Morgan fingerprint density at radius 3 is 2.48 bits per heavy atom. The van der Waals surface area contributed by atoms with Gasteiger partial charge in [-0.25, -0.2) is 5.43 Å². The molecule has 10 heteroatoms. The number of nitrogens with one attached hydrogen (secondary N) is 2. The van der Waals surface area contributed by atoms with Crippen molar-refractivity contribution in [3.05, 3.63) is 57.6 Å². The molecule has 0 aromatic heterocycles. The van der Waals surface area contributed by atoms with Crippen LogP contribution in [0.25, 0.3) is 0 Å². The van der Waals surface area contributed by atoms with Crippen molar-refractivity contribution in [2.24, 2.45) is 5.10 Å². The lowest BCUT2D eigenvalue weighted by molar-refractivity contribution is -0.385. The van der Waals surface area contributed by atoms with Crippen LogP contribution in [0, 0.1) is 17.0 Å². The summed E-state index contributed by atoms with van der Waals surface area (Å²) < 4.78 is 9.94. The molecule has 2 aromatic rings. The molecule has 0 saturated heterocycles. The fourth-order valence-corrected chi connectivity index (χ4v) is 2.36. The average Bonchev–Trinajstić information content (AvgIpc) is 2.67. The van der Waals surface area contributed by atoms with E-state index in [1.165, 1.54) is 26.2 Å². The SMILES string of the molecule is COc1c(OC(C)=O)ccc(/C=N\NC(=O)CNc2ccc(C)cc2)c1[N+](=O)[O-]. The van der Waals surface area contributed by atoms with E-state index in [1.54, 1.807) is 0 Å². The minimum absolute atomic E-state index is 0.0306. The molecule has 0 saturated carbocycles. The van der Waals surface area contributed by atoms with Gasteiger partial charge in [-0.05, 0) is 31.2 Å². The van der Waals surface area contributed by atoms with Crippen molar-refractivity contribution in [2.75, 3.05) is 19.0 Å². The molecule has 0 radical (unpaired) electrons. The Bertz CT molecular complexity index is 940. The van der Waals surface area contributed by atoms with Gasteiger partial charge >= 0.3 is 11.7 Å². The van der Waals surface area contributed by atoms with Gasteiger partial charge < -0.3 is 14.8 Å². The Labute approximate surface area is 166 Å². The van der Waals surface area contributed by atoms with Crippen LogP contribution in [0.1, 0.15) is 18.1 Å². The van der Waals surface area contributed by atoms with E-state index in [0.717, 1.165) is 17.5 Å². The van der Waals surface area contributed by atoms with Crippen LogP contribution < -0.4 is 20.2 Å². The van der Waals surface area contributed by atoms with Crippen LogP contribution in [0.15, 0.2) is 41.5 Å². The number of nitrogens with zero attached hydrogens (tertiary/aromatic N) is 2. The number of ether oxygens (including phenoxy) is 2. The second kappa shape index (κ2) is 9.83. The maximum absolute atomic E-state index is 11.9. The second-order valence-electron chi connectivity index (χ2n) is 5.90. The maximum Gasteiger partial charge on any atom is 0.323 e. The van der Waals surface area contributed by atoms with E-state index in [-0.39, 0.29) is 23.6 Å². The largest absolute Gasteiger partial charge is 0.488 e. The normalized spacial score (nSPS) is 10.4. The van der Waals surface area contributed by atoms with Gasteiger partial charge in [0.25, 0.3) is 5.91 Å². The molecule has 0 spiro atoms. The lowest BCUT2D eigenvalue weighted by atomic mass is 10.1. The van der Waals surface area contributed by atoms with Gasteiger partial charge in [-0.1, -0.05) is 17.7 Å². The molecule has 0 fully saturated rings. The highest BCUT2D eigenvalue weighted by atomic mass is 16.6. The van der Waals surface area contributed by atoms with Crippen molar-refractivity contribution in [3.63, 3.8) is 0 Å². The molecular weight excluding hydrogens is 380 g/mol. The highest BCUT2D eigenvalue weighted by molar-refractivity contribution is 5.90. The van der Waals surface area contributed by atoms with Gasteiger partial charge in [-0.2, -0.15) is 5.10 Å². The fourth-order valence-electron chi connectivity index (χ4n) is 2.36. The third kappa shape index (κ3) is 6.03. The predicted molar refractivity (Wildman–Crippen MR) is 106 cm³/mol. The van der Waals surface area contributed by atoms with Crippen LogP contribution in [-0.2, 0) is 9.59 Å². The molecule has 0 unspecified atom stereocenters. The molecule has 0 aliphatic carbocycles. The number of aryl methyl sites for hydroxylation is 1. The number of carbonyl (C=O) groups excluding carboxylic acids is 2. The molecule has 10 nitrogen and oxygen atoms in total. The number of carbonyl (C=O) groups is 2. The van der Waals surface area contributed by atoms with Crippen LogP contribution in [0.2, 0.25) is 0 Å². The summed E-state index contributed by atoms with van der Waals surface area (Å²) in [6.07, 6.45) is 1.11. The average molecular weight is 400 g/mol. The fraction of sp³-hybridized carbons (Fsp3) is 0.211. The zero-order valence-electron chi connectivity index (χ0n) is 16.1. The molecule has 2 N–H and O–H groups in total. The quantitative estimate of drug-likeness (QED) is 0.229. The number of anilines is 1. The van der Waals surface area contributed by atoms with E-state index >= 15 is 0 Å². The Kier molecular flexibility index (Phi) is 7.24. The van der Waals surface area contributed by atoms with Gasteiger partial charge in [0.2, 0.25) is 5.75 Å². The minimum Gasteiger partial charge on any atom is -0.488 e. The van der Waals surface area contributed by atoms with Crippen molar-refractivity contribution in [3.8, 4) is 11.5 Å². The van der Waals surface area contributed by atoms with E-state index in [9.17, 15) is 19.7 Å². The summed E-state index contributed by atoms with van der Waals surface area (Å²) in [5.41, 5.74) is 3.78. The standard InChI is InChI=1S/C19H20N4O6/c1-12-4-7-15(8-5-12)20-11-17(25)22-21-10-14-6-9-16(29-13(2)24)19(28-3)18(14)23(26)27/h4-10,20H,11H2,1-3H3,(H,22,25)/b21-10-. The predicted octanol–water partition coefficient (Wildman–Crippen LogP) is 2.40. The van der Waals surface area contributed by atoms with Gasteiger partial charge in [0, 0.05) is 12.6 Å². The van der Waals surface area contributed by atoms with Crippen molar-refractivity contribution >= 4 is 29.5 Å². The number of esters is 1. The van der Waals surface area contributed by atoms with Crippen LogP contribution in [0.3, 0.4) is 0 Å². The van der Waals surface area contributed by atoms with Gasteiger partial charge in [0.05, 0.1) is 30.4 Å². The van der Waals surface area contributed by atoms with Gasteiger partial charge in [0.15, 0.2) is 5.75 Å². The molecule has 0 bridgehead atoms. The third-order valence-electron chi connectivity index (χ3n) is 3.66. The summed E-state index contributed by atoms with van der Waals surface area (Å²) in [5.74, 6) is -1.39. The van der Waals surface area contributed by atoms with Gasteiger partial charge in [0.1, 0.15) is 0 Å². The number of nitro groups is 1. The number of rotatable bonds is 8. The minimum atomic E-state index is -0.687. The summed E-state index contributed by atoms with van der Waals surface area (Å²) in [4.78, 5) is 33.8. The number of hydrogen-bond acceptors (Lipinski definition) is 8. The number of hydrazone groups is 1. The second-order valence-corrected chi connectivity index (χ2v) is 5.90. The number of methoxy groups -OCH3 is 1. The Balaban J connectivity index is 2.08. The van der Waals surface area contributed by atoms with E-state index in [4.69, 9.17) is 9.47 Å². The zero-order chi connectivity index (χ0) is 21.4. The third-order valence-corrected chi connectivity index (χ3v) is 3.66. The first-order chi connectivity index (χ1) is 13.8. The molecule has 0 aliphatic heterocycles. The van der Waals surface area contributed by atoms with Crippen molar-refractivity contribution in [1.29, 1.82) is 0 Å². The van der Waals surface area contributed by atoms with Crippen LogP contribution in [0.4, 0.5) is 11.4 Å². The molecule has 152 valence electrons. The number of amides is 1. The summed E-state index contributed by atoms with van der Waals surface area (Å²) >= 11 is 0. The topological polar surface area (TPSA) is 132 Å². The first-order valence-corrected chi connectivity index (χ1v) is 8.48. The van der Waals surface area contributed by atoms with Gasteiger partial charge in [-0.15, -0.1) is 0 Å². The summed E-state index contributed by atoms with van der Waals surface area (Å²) in [6, 6.07) is 10.2. The lowest BCUT2D eigenvalue weighted by Gasteiger charge is -2.09. The summed E-state index contributed by atoms with van der Waals surface area (Å²) in [7, 11) is 1.22. The highest BCUT2D eigenvalue weighted by Crippen LogP contribution is 2.39. The van der Waals surface area contributed by atoms with Crippen LogP contribution in [0.5, 0.6) is 11.5 Å². The van der Waals surface area contributed by atoms with Crippen molar-refractivity contribution in [1.82, 2.24) is 5.43 Å². The van der Waals surface area contributed by atoms with E-state index in [2.05, 4.69) is 15.8 Å². The van der Waals surface area contributed by atoms with Gasteiger partial charge in [-0.3, -0.25) is 19.7 Å². The monoisotopic (exact) mass is 400 g/mol. The van der Waals surface area contributed by atoms with Crippen LogP contribution >= 0.6 is 0 Å². The number of hydrogen-bond donors (Lipinski definition) is 2. The molecule has 0 heterocycles. The summed E-state index contributed by atoms with van der Waals surface area (Å²) in [5, 5.41) is 18.1. The summed E-state index contributed by atoms with van der Waals surface area (Å²) in [6.45, 7) is 3.09. The first-order valence-electron chi connectivity index (χ1n) is 8.48. The molecule has 2 aromatic carbocycles. The zero-order valence-corrected chi connectivity index (χ0v) is 16.1. The Morgan fingerprint density at radius 1 is 1.21 bits per heavy atom. The molecule has 0 atom stereocenters. The number of benzene rings is 2. The maximum atomic E-state index is 11.9. The van der Waals surface area contributed by atoms with E-state index in [1.807, 2.05) is 31.2 Å². The van der Waals surface area contributed by atoms with Crippen molar-refractivity contribution in [2.45, 2.75) is 13.8 Å². The Hall–Kier alpha value is -3.95. The molecule has 0 aliphatic rings. The number of nitro benzene ring substituents is 1. The lowest BCUT2D eigenvalue weighted by Crippen LogP contribution is -2.25. The van der Waals surface area contributed by atoms with Crippen LogP contribution in [-0.4, -0.2) is 36.7 Å². The molecule has 1 amide bonds. The van der Waals surface area contributed by atoms with Crippen molar-refractivity contribution < 1.29 is 24.0 Å². The highest BCUT2D eigenvalue weighted by Gasteiger charge is 2.25. The first kappa shape index (κ1) is 21.4. The van der Waals surface area contributed by atoms with E-state index in [0.29, 0.717) is 0 Å². The van der Waals surface area contributed by atoms with E-state index < -0.39 is 22.5 Å². The molecular formula is C19H20N4O6. The smallest absolute Gasteiger partial charge is 0.323 e. The molecule has 2 rings (SSSR count). The molecule has 29 heavy (non-hydrogen) atoms. The Morgan fingerprint density at radius 2 is 1.90 bits per heavy atom.